The number of likely N-dealkylation sites (tertiary alicyclic amines) is 1. The third kappa shape index (κ3) is 5.29. The highest BCUT2D eigenvalue weighted by atomic mass is 79.9. The van der Waals surface area contributed by atoms with Gasteiger partial charge in [0, 0.05) is 48.2 Å². The lowest BCUT2D eigenvalue weighted by Gasteiger charge is -2.32. The number of rotatable bonds is 7. The molecule has 1 fully saturated rings. The second kappa shape index (κ2) is 9.91. The topological polar surface area (TPSA) is 59.4 Å². The molecule has 0 saturated carbocycles. The van der Waals surface area contributed by atoms with Gasteiger partial charge in [-0.15, -0.1) is 0 Å². The lowest BCUT2D eigenvalue weighted by atomic mass is 10.1. The van der Waals surface area contributed by atoms with Gasteiger partial charge in [-0.25, -0.2) is 4.98 Å². The first-order valence-electron chi connectivity index (χ1n) is 10.2. The fraction of sp³-hybridized carbons (Fsp3) is 0.304. The van der Waals surface area contributed by atoms with E-state index < -0.39 is 0 Å². The van der Waals surface area contributed by atoms with Crippen LogP contribution in [0.4, 0.5) is 5.82 Å². The van der Waals surface area contributed by atoms with Crippen molar-refractivity contribution in [1.29, 1.82) is 0 Å². The summed E-state index contributed by atoms with van der Waals surface area (Å²) >= 11 is 3.43. The molecule has 1 aliphatic heterocycles. The molecule has 0 radical (unpaired) electrons. The van der Waals surface area contributed by atoms with Crippen LogP contribution >= 0.6 is 15.9 Å². The lowest BCUT2D eigenvalue weighted by molar-refractivity contribution is 0.177. The highest BCUT2D eigenvalue weighted by Gasteiger charge is 2.20. The van der Waals surface area contributed by atoms with E-state index in [1.54, 1.807) is 17.0 Å². The average Bonchev–Trinajstić information content (AvgIpc) is 2.78. The van der Waals surface area contributed by atoms with Crippen molar-refractivity contribution in [3.8, 4) is 11.4 Å². The van der Waals surface area contributed by atoms with E-state index in [1.165, 1.54) is 0 Å². The van der Waals surface area contributed by atoms with Gasteiger partial charge in [0.1, 0.15) is 12.4 Å². The molecule has 3 aromatic rings. The molecule has 156 valence electrons. The Bertz CT molecular complexity index is 1000. The molecular weight excluding hydrogens is 444 g/mol. The number of nitrogens with zero attached hydrogens (tertiary/aromatic N) is 3. The number of halogens is 1. The Morgan fingerprint density at radius 3 is 2.53 bits per heavy atom. The molecule has 7 heteroatoms. The maximum Gasteiger partial charge on any atom is 0.297 e. The first-order valence-corrected chi connectivity index (χ1v) is 11.0. The minimum absolute atomic E-state index is 0.126. The van der Waals surface area contributed by atoms with Crippen molar-refractivity contribution in [3.05, 3.63) is 81.8 Å². The summed E-state index contributed by atoms with van der Waals surface area (Å²) in [5, 5.41) is 3.36. The predicted octanol–water partition coefficient (Wildman–Crippen LogP) is 3.95. The van der Waals surface area contributed by atoms with Gasteiger partial charge in [0.05, 0.1) is 0 Å². The Kier molecular flexibility index (Phi) is 6.81. The number of aromatic nitrogens is 2. The van der Waals surface area contributed by atoms with Crippen LogP contribution in [0.1, 0.15) is 12.8 Å². The Balaban J connectivity index is 1.29. The van der Waals surface area contributed by atoms with Gasteiger partial charge in [0.2, 0.25) is 0 Å². The number of benzene rings is 2. The zero-order valence-electron chi connectivity index (χ0n) is 16.7. The van der Waals surface area contributed by atoms with Crippen molar-refractivity contribution in [2.24, 2.45) is 0 Å². The summed E-state index contributed by atoms with van der Waals surface area (Å²) in [6, 6.07) is 17.8. The third-order valence-electron chi connectivity index (χ3n) is 5.29. The van der Waals surface area contributed by atoms with E-state index in [4.69, 9.17) is 4.74 Å². The van der Waals surface area contributed by atoms with Gasteiger partial charge >= 0.3 is 0 Å². The summed E-state index contributed by atoms with van der Waals surface area (Å²) in [5.41, 5.74) is 0.695. The zero-order valence-corrected chi connectivity index (χ0v) is 18.3. The molecule has 2 heterocycles. The van der Waals surface area contributed by atoms with Crippen LogP contribution < -0.4 is 15.6 Å². The molecule has 30 heavy (non-hydrogen) atoms. The summed E-state index contributed by atoms with van der Waals surface area (Å²) in [5.74, 6) is 1.32. The summed E-state index contributed by atoms with van der Waals surface area (Å²) in [4.78, 5) is 19.6. The van der Waals surface area contributed by atoms with Crippen molar-refractivity contribution < 1.29 is 4.74 Å². The van der Waals surface area contributed by atoms with Gasteiger partial charge in [0.25, 0.3) is 5.56 Å². The SMILES string of the molecule is O=c1c(NC2CCN(CCOc3ccccc3)CC2)nccn1-c1ccc(Br)cc1. The zero-order chi connectivity index (χ0) is 20.8. The van der Waals surface area contributed by atoms with Gasteiger partial charge in [0.15, 0.2) is 5.82 Å². The minimum atomic E-state index is -0.126. The van der Waals surface area contributed by atoms with Crippen LogP contribution in [0, 0.1) is 0 Å². The van der Waals surface area contributed by atoms with Crippen LogP contribution in [0.3, 0.4) is 0 Å². The maximum absolute atomic E-state index is 12.9. The molecule has 1 aliphatic rings. The summed E-state index contributed by atoms with van der Waals surface area (Å²) in [6.45, 7) is 3.54. The number of piperidine rings is 1. The number of anilines is 1. The molecule has 1 aromatic heterocycles. The first-order chi connectivity index (χ1) is 14.7. The molecule has 2 aromatic carbocycles. The van der Waals surface area contributed by atoms with E-state index >= 15 is 0 Å². The van der Waals surface area contributed by atoms with E-state index in [1.807, 2.05) is 54.6 Å². The number of nitrogens with one attached hydrogen (secondary N) is 1. The molecule has 6 nitrogen and oxygen atoms in total. The number of hydrogen-bond donors (Lipinski definition) is 1. The lowest BCUT2D eigenvalue weighted by Crippen LogP contribution is -2.41. The van der Waals surface area contributed by atoms with Crippen molar-refractivity contribution in [2.45, 2.75) is 18.9 Å². The second-order valence-corrected chi connectivity index (χ2v) is 8.26. The molecule has 0 atom stereocenters. The molecule has 0 bridgehead atoms. The maximum atomic E-state index is 12.9. The van der Waals surface area contributed by atoms with Crippen LogP contribution in [-0.2, 0) is 0 Å². The molecular formula is C23H25BrN4O2. The first kappa shape index (κ1) is 20.6. The smallest absolute Gasteiger partial charge is 0.297 e. The van der Waals surface area contributed by atoms with Crippen molar-refractivity contribution in [1.82, 2.24) is 14.5 Å². The molecule has 0 aliphatic carbocycles. The number of hydrogen-bond acceptors (Lipinski definition) is 5. The van der Waals surface area contributed by atoms with Gasteiger partial charge in [-0.05, 0) is 49.2 Å². The van der Waals surface area contributed by atoms with Crippen molar-refractivity contribution in [2.75, 3.05) is 31.6 Å². The minimum Gasteiger partial charge on any atom is -0.492 e. The Morgan fingerprint density at radius 2 is 1.80 bits per heavy atom. The summed E-state index contributed by atoms with van der Waals surface area (Å²) in [7, 11) is 0. The van der Waals surface area contributed by atoms with Gasteiger partial charge in [-0.2, -0.15) is 0 Å². The largest absolute Gasteiger partial charge is 0.492 e. The van der Waals surface area contributed by atoms with Crippen LogP contribution in [-0.4, -0.2) is 46.7 Å². The second-order valence-electron chi connectivity index (χ2n) is 7.35. The standard InChI is InChI=1S/C23H25BrN4O2/c24-18-6-8-20(9-7-18)28-15-12-25-22(23(28)29)26-19-10-13-27(14-11-19)16-17-30-21-4-2-1-3-5-21/h1-9,12,15,19H,10-11,13-14,16-17H2,(H,25,26). The van der Waals surface area contributed by atoms with E-state index in [0.717, 1.165) is 48.4 Å². The molecule has 0 spiro atoms. The Morgan fingerprint density at radius 1 is 1.07 bits per heavy atom. The molecule has 4 rings (SSSR count). The van der Waals surface area contributed by atoms with E-state index in [9.17, 15) is 4.79 Å². The van der Waals surface area contributed by atoms with Crippen LogP contribution in [0.5, 0.6) is 5.75 Å². The normalized spacial score (nSPS) is 15.1. The average molecular weight is 469 g/mol. The van der Waals surface area contributed by atoms with E-state index in [2.05, 4.69) is 31.1 Å². The molecule has 1 saturated heterocycles. The van der Waals surface area contributed by atoms with Crippen LogP contribution in [0.2, 0.25) is 0 Å². The van der Waals surface area contributed by atoms with Crippen molar-refractivity contribution >= 4 is 21.7 Å². The van der Waals surface area contributed by atoms with E-state index in [-0.39, 0.29) is 11.6 Å². The fourth-order valence-electron chi connectivity index (χ4n) is 3.62. The van der Waals surface area contributed by atoms with Gasteiger partial charge < -0.3 is 10.1 Å². The number of ether oxygens (including phenoxy) is 1. The van der Waals surface area contributed by atoms with E-state index in [0.29, 0.717) is 12.4 Å². The quantitative estimate of drug-likeness (QED) is 0.568. The fourth-order valence-corrected chi connectivity index (χ4v) is 3.88. The molecule has 0 unspecified atom stereocenters. The highest BCUT2D eigenvalue weighted by molar-refractivity contribution is 9.10. The van der Waals surface area contributed by atoms with Gasteiger partial charge in [-0.3, -0.25) is 14.3 Å². The third-order valence-corrected chi connectivity index (χ3v) is 5.82. The Hall–Kier alpha value is -2.64. The van der Waals surface area contributed by atoms with Gasteiger partial charge in [-0.1, -0.05) is 34.1 Å². The monoisotopic (exact) mass is 468 g/mol. The predicted molar refractivity (Wildman–Crippen MR) is 123 cm³/mol. The van der Waals surface area contributed by atoms with Crippen molar-refractivity contribution in [3.63, 3.8) is 0 Å². The van der Waals surface area contributed by atoms with Crippen LogP contribution in [0.25, 0.3) is 5.69 Å². The molecule has 0 amide bonds. The highest BCUT2D eigenvalue weighted by Crippen LogP contribution is 2.16. The Labute approximate surface area is 184 Å². The molecule has 1 N–H and O–H groups in total. The summed E-state index contributed by atoms with van der Waals surface area (Å²) < 4.78 is 8.40. The summed E-state index contributed by atoms with van der Waals surface area (Å²) in [6.07, 6.45) is 5.31. The number of para-hydroxylation sites is 1. The van der Waals surface area contributed by atoms with Crippen LogP contribution in [0.15, 0.2) is 76.3 Å².